The zero-order valence-corrected chi connectivity index (χ0v) is 13.5. The number of Topliss-reactive ketones (excluding diaryl/α,β-unsaturated/α-hetero) is 1. The number of carbonyl (C=O) groups is 1. The lowest BCUT2D eigenvalue weighted by atomic mass is 9.98. The number of nitrogens with zero attached hydrogens (tertiary/aromatic N) is 2. The van der Waals surface area contributed by atoms with E-state index in [0.717, 1.165) is 22.8 Å². The van der Waals surface area contributed by atoms with Crippen LogP contribution in [0.1, 0.15) is 22.8 Å². The fourth-order valence-electron chi connectivity index (χ4n) is 2.41. The summed E-state index contributed by atoms with van der Waals surface area (Å²) in [6.45, 7) is 2.45. The molecule has 4 heteroatoms. The molecule has 0 aliphatic rings. The van der Waals surface area contributed by atoms with Gasteiger partial charge in [0, 0.05) is 18.0 Å². The van der Waals surface area contributed by atoms with E-state index in [2.05, 4.69) is 30.1 Å². The molecule has 1 aromatic heterocycles. The zero-order valence-electron chi connectivity index (χ0n) is 11.8. The molecule has 3 nitrogen and oxygen atoms in total. The van der Waals surface area contributed by atoms with E-state index in [1.807, 2.05) is 18.2 Å². The highest BCUT2D eigenvalue weighted by Gasteiger charge is 2.10. The van der Waals surface area contributed by atoms with Crippen LogP contribution in [0, 0.1) is 0 Å². The van der Waals surface area contributed by atoms with Gasteiger partial charge in [-0.25, -0.2) is 4.98 Å². The van der Waals surface area contributed by atoms with E-state index in [1.165, 1.54) is 5.56 Å². The van der Waals surface area contributed by atoms with Gasteiger partial charge in [-0.2, -0.15) is 0 Å². The second-order valence-corrected chi connectivity index (χ2v) is 4.87. The van der Waals surface area contributed by atoms with Crippen LogP contribution < -0.4 is 0 Å². The molecule has 0 saturated heterocycles. The number of benzene rings is 2. The second-order valence-electron chi connectivity index (χ2n) is 4.87. The summed E-state index contributed by atoms with van der Waals surface area (Å²) in [5.74, 6) is 0.113. The van der Waals surface area contributed by atoms with Crippen LogP contribution >= 0.6 is 17.0 Å². The Balaban J connectivity index is 0.00000161. The molecule has 3 aromatic rings. The molecule has 108 valence electrons. The molecule has 1 heterocycles. The number of aryl methyl sites for hydroxylation is 1. The molecule has 0 amide bonds. The van der Waals surface area contributed by atoms with E-state index >= 15 is 0 Å². The van der Waals surface area contributed by atoms with Gasteiger partial charge < -0.3 is 4.57 Å². The fraction of sp³-hybridized carbons (Fsp3) is 0.176. The van der Waals surface area contributed by atoms with Crippen molar-refractivity contribution in [3.05, 3.63) is 66.2 Å². The van der Waals surface area contributed by atoms with Crippen LogP contribution in [-0.2, 0) is 13.0 Å². The Labute approximate surface area is 134 Å². The van der Waals surface area contributed by atoms with Gasteiger partial charge in [-0.15, -0.1) is 17.0 Å². The van der Waals surface area contributed by atoms with Crippen LogP contribution in [0.3, 0.4) is 0 Å². The largest absolute Gasteiger partial charge is 0.330 e. The summed E-state index contributed by atoms with van der Waals surface area (Å²) >= 11 is 0. The maximum Gasteiger partial charge on any atom is 0.183 e. The van der Waals surface area contributed by atoms with Crippen molar-refractivity contribution in [3.63, 3.8) is 0 Å². The fourth-order valence-corrected chi connectivity index (χ4v) is 2.41. The van der Waals surface area contributed by atoms with Crippen molar-refractivity contribution in [1.82, 2.24) is 9.55 Å². The predicted octanol–water partition coefficient (Wildman–Crippen LogP) is 4.06. The molecule has 0 unspecified atom stereocenters. The monoisotopic (exact) mass is 344 g/mol. The highest BCUT2D eigenvalue weighted by Crippen LogP contribution is 2.21. The summed E-state index contributed by atoms with van der Waals surface area (Å²) in [5, 5.41) is 2.15. The quantitative estimate of drug-likeness (QED) is 0.669. The van der Waals surface area contributed by atoms with E-state index in [0.29, 0.717) is 6.54 Å². The summed E-state index contributed by atoms with van der Waals surface area (Å²) < 4.78 is 1.80. The number of rotatable bonds is 4. The molecule has 0 N–H and O–H groups in total. The van der Waals surface area contributed by atoms with Gasteiger partial charge >= 0.3 is 0 Å². The number of hydrogen-bond donors (Lipinski definition) is 0. The van der Waals surface area contributed by atoms with Crippen LogP contribution in [0.15, 0.2) is 55.1 Å². The third kappa shape index (κ3) is 3.22. The van der Waals surface area contributed by atoms with E-state index in [9.17, 15) is 4.79 Å². The van der Waals surface area contributed by atoms with Gasteiger partial charge in [0.2, 0.25) is 0 Å². The van der Waals surface area contributed by atoms with Gasteiger partial charge in [-0.1, -0.05) is 43.3 Å². The molecular formula is C17H17BrN2O. The first-order chi connectivity index (χ1) is 9.78. The smallest absolute Gasteiger partial charge is 0.183 e. The Morgan fingerprint density at radius 1 is 1.24 bits per heavy atom. The third-order valence-corrected chi connectivity index (χ3v) is 3.54. The number of imidazole rings is 1. The van der Waals surface area contributed by atoms with Crippen molar-refractivity contribution >= 4 is 33.5 Å². The molecular weight excluding hydrogens is 328 g/mol. The SMILES string of the molecule is Br.CCc1ccc2cccc(C(=O)Cn3ccnc3)c2c1. The Morgan fingerprint density at radius 3 is 2.81 bits per heavy atom. The van der Waals surface area contributed by atoms with Crippen LogP contribution in [0.2, 0.25) is 0 Å². The maximum absolute atomic E-state index is 12.5. The first kappa shape index (κ1) is 15.4. The lowest BCUT2D eigenvalue weighted by Crippen LogP contribution is -2.09. The van der Waals surface area contributed by atoms with Gasteiger partial charge in [0.05, 0.1) is 12.9 Å². The van der Waals surface area contributed by atoms with Crippen molar-refractivity contribution in [1.29, 1.82) is 0 Å². The summed E-state index contributed by atoms with van der Waals surface area (Å²) in [4.78, 5) is 16.4. The molecule has 0 spiro atoms. The molecule has 2 aromatic carbocycles. The summed E-state index contributed by atoms with van der Waals surface area (Å²) in [6, 6.07) is 12.2. The molecule has 0 atom stereocenters. The zero-order chi connectivity index (χ0) is 13.9. The minimum atomic E-state index is 0. The Bertz CT molecular complexity index is 751. The van der Waals surface area contributed by atoms with Crippen molar-refractivity contribution in [2.45, 2.75) is 19.9 Å². The highest BCUT2D eigenvalue weighted by atomic mass is 79.9. The van der Waals surface area contributed by atoms with Crippen LogP contribution in [0.25, 0.3) is 10.8 Å². The molecule has 0 bridgehead atoms. The molecule has 0 saturated carbocycles. The Morgan fingerprint density at radius 2 is 2.10 bits per heavy atom. The lowest BCUT2D eigenvalue weighted by molar-refractivity contribution is 0.0973. The minimum absolute atomic E-state index is 0. The van der Waals surface area contributed by atoms with E-state index in [4.69, 9.17) is 0 Å². The first-order valence-electron chi connectivity index (χ1n) is 6.78. The standard InChI is InChI=1S/C17H16N2O.BrH/c1-2-13-6-7-14-4-3-5-15(16(14)10-13)17(20)11-19-9-8-18-12-19;/h3-10,12H,2,11H2,1H3;1H. The van der Waals surface area contributed by atoms with Crippen LogP contribution in [-0.4, -0.2) is 15.3 Å². The first-order valence-corrected chi connectivity index (χ1v) is 6.78. The third-order valence-electron chi connectivity index (χ3n) is 3.54. The lowest BCUT2D eigenvalue weighted by Gasteiger charge is -2.08. The highest BCUT2D eigenvalue weighted by molar-refractivity contribution is 8.93. The normalized spacial score (nSPS) is 10.3. The summed E-state index contributed by atoms with van der Waals surface area (Å²) in [7, 11) is 0. The van der Waals surface area contributed by atoms with Gasteiger partial charge in [0.1, 0.15) is 0 Å². The van der Waals surface area contributed by atoms with Gasteiger partial charge in [-0.05, 0) is 22.8 Å². The number of halogens is 1. The molecule has 0 aliphatic heterocycles. The van der Waals surface area contributed by atoms with Crippen molar-refractivity contribution in [3.8, 4) is 0 Å². The maximum atomic E-state index is 12.5. The Hall–Kier alpha value is -1.94. The van der Waals surface area contributed by atoms with E-state index in [-0.39, 0.29) is 22.8 Å². The minimum Gasteiger partial charge on any atom is -0.330 e. The average molecular weight is 345 g/mol. The average Bonchev–Trinajstić information content (AvgIpc) is 2.98. The molecule has 0 fully saturated rings. The van der Waals surface area contributed by atoms with Crippen molar-refractivity contribution in [2.24, 2.45) is 0 Å². The second kappa shape index (κ2) is 6.68. The molecule has 0 radical (unpaired) electrons. The van der Waals surface area contributed by atoms with Gasteiger partial charge in [0.15, 0.2) is 5.78 Å². The predicted molar refractivity (Wildman–Crippen MR) is 90.2 cm³/mol. The molecule has 0 aliphatic carbocycles. The Kier molecular flexibility index (Phi) is 4.91. The van der Waals surface area contributed by atoms with E-state index < -0.39 is 0 Å². The summed E-state index contributed by atoms with van der Waals surface area (Å²) in [6.07, 6.45) is 6.13. The van der Waals surface area contributed by atoms with Crippen molar-refractivity contribution < 1.29 is 4.79 Å². The number of hydrogen-bond acceptors (Lipinski definition) is 2. The van der Waals surface area contributed by atoms with Gasteiger partial charge in [0.25, 0.3) is 0 Å². The summed E-state index contributed by atoms with van der Waals surface area (Å²) in [5.41, 5.74) is 2.03. The topological polar surface area (TPSA) is 34.9 Å². The number of carbonyl (C=O) groups excluding carboxylic acids is 1. The molecule has 3 rings (SSSR count). The van der Waals surface area contributed by atoms with Crippen LogP contribution in [0.4, 0.5) is 0 Å². The number of aromatic nitrogens is 2. The number of ketones is 1. The van der Waals surface area contributed by atoms with Crippen LogP contribution in [0.5, 0.6) is 0 Å². The molecule has 21 heavy (non-hydrogen) atoms. The number of fused-ring (bicyclic) bond motifs is 1. The van der Waals surface area contributed by atoms with Gasteiger partial charge in [-0.3, -0.25) is 4.79 Å². The van der Waals surface area contributed by atoms with Crippen molar-refractivity contribution in [2.75, 3.05) is 0 Å². The van der Waals surface area contributed by atoms with E-state index in [1.54, 1.807) is 23.3 Å².